The number of carbonyl (C=O) groups excluding carboxylic acids is 2. The molecule has 0 saturated heterocycles. The standard InChI is InChI=1S/C18H26N8O2S/c1-10-8-14(29-25-10)24-17-15(16(19)27)20-9-13(23-17)21-11-4-6-12(7-5-11)22-18(28)26(2)3/h8-9,11-12H,4-7H2,1-3H3,(H2,19,27)(H,22,28)(H2,21,23,24)/t11-,12+. The van der Waals surface area contributed by atoms with Crippen LogP contribution in [0.5, 0.6) is 0 Å². The number of carbonyl (C=O) groups is 2. The number of rotatable bonds is 6. The lowest BCUT2D eigenvalue weighted by atomic mass is 9.91. The molecule has 2 aromatic rings. The van der Waals surface area contributed by atoms with Crippen molar-refractivity contribution in [3.63, 3.8) is 0 Å². The second-order valence-electron chi connectivity index (χ2n) is 7.31. The third-order valence-electron chi connectivity index (χ3n) is 4.69. The molecule has 1 aliphatic rings. The number of hydrogen-bond donors (Lipinski definition) is 4. The molecule has 11 heteroatoms. The van der Waals surface area contributed by atoms with Crippen LogP contribution in [-0.2, 0) is 0 Å². The lowest BCUT2D eigenvalue weighted by Gasteiger charge is -2.30. The summed E-state index contributed by atoms with van der Waals surface area (Å²) in [5, 5.41) is 10.2. The molecule has 3 amide bonds. The van der Waals surface area contributed by atoms with E-state index >= 15 is 0 Å². The molecule has 5 N–H and O–H groups in total. The zero-order chi connectivity index (χ0) is 21.0. The minimum atomic E-state index is -0.648. The summed E-state index contributed by atoms with van der Waals surface area (Å²) in [6.07, 6.45) is 5.08. The number of aryl methyl sites for hydroxylation is 1. The second kappa shape index (κ2) is 9.03. The zero-order valence-electron chi connectivity index (χ0n) is 16.7. The van der Waals surface area contributed by atoms with E-state index in [9.17, 15) is 9.59 Å². The van der Waals surface area contributed by atoms with Gasteiger partial charge >= 0.3 is 6.03 Å². The Morgan fingerprint density at radius 2 is 1.90 bits per heavy atom. The van der Waals surface area contributed by atoms with Gasteiger partial charge in [-0.3, -0.25) is 4.79 Å². The van der Waals surface area contributed by atoms with Crippen LogP contribution in [0.15, 0.2) is 12.3 Å². The summed E-state index contributed by atoms with van der Waals surface area (Å²) < 4.78 is 4.21. The number of aromatic nitrogens is 3. The average Bonchev–Trinajstić information content (AvgIpc) is 3.08. The maximum Gasteiger partial charge on any atom is 0.317 e. The van der Waals surface area contributed by atoms with Crippen LogP contribution in [0.25, 0.3) is 0 Å². The lowest BCUT2D eigenvalue weighted by molar-refractivity contribution is 0.0996. The van der Waals surface area contributed by atoms with Crippen molar-refractivity contribution in [3.05, 3.63) is 23.7 Å². The molecular weight excluding hydrogens is 392 g/mol. The van der Waals surface area contributed by atoms with E-state index < -0.39 is 5.91 Å². The van der Waals surface area contributed by atoms with E-state index in [1.165, 1.54) is 17.7 Å². The molecule has 0 atom stereocenters. The van der Waals surface area contributed by atoms with Crippen molar-refractivity contribution in [1.29, 1.82) is 0 Å². The largest absolute Gasteiger partial charge is 0.366 e. The Bertz CT molecular complexity index is 876. The van der Waals surface area contributed by atoms with Gasteiger partial charge in [0.25, 0.3) is 5.91 Å². The van der Waals surface area contributed by atoms with E-state index in [2.05, 4.69) is 30.3 Å². The molecule has 29 heavy (non-hydrogen) atoms. The summed E-state index contributed by atoms with van der Waals surface area (Å²) in [6.45, 7) is 1.89. The monoisotopic (exact) mass is 418 g/mol. The fourth-order valence-corrected chi connectivity index (χ4v) is 3.82. The number of primary amides is 1. The predicted molar refractivity (Wildman–Crippen MR) is 113 cm³/mol. The molecule has 156 valence electrons. The van der Waals surface area contributed by atoms with Gasteiger partial charge in [0, 0.05) is 26.2 Å². The van der Waals surface area contributed by atoms with Crippen LogP contribution in [0.2, 0.25) is 0 Å². The van der Waals surface area contributed by atoms with Crippen LogP contribution in [-0.4, -0.2) is 57.4 Å². The molecule has 2 heterocycles. The molecule has 0 unspecified atom stereocenters. The number of hydrogen-bond acceptors (Lipinski definition) is 8. The van der Waals surface area contributed by atoms with Gasteiger partial charge in [-0.25, -0.2) is 14.8 Å². The number of nitrogens with two attached hydrogens (primary N) is 1. The highest BCUT2D eigenvalue weighted by Crippen LogP contribution is 2.25. The first kappa shape index (κ1) is 20.8. The number of anilines is 3. The number of urea groups is 1. The Hall–Kier alpha value is -2.95. The molecule has 0 aromatic carbocycles. The molecule has 3 rings (SSSR count). The van der Waals surface area contributed by atoms with Gasteiger partial charge in [0.15, 0.2) is 11.5 Å². The van der Waals surface area contributed by atoms with Crippen molar-refractivity contribution in [3.8, 4) is 0 Å². The Morgan fingerprint density at radius 3 is 2.48 bits per heavy atom. The summed E-state index contributed by atoms with van der Waals surface area (Å²) in [4.78, 5) is 33.7. The van der Waals surface area contributed by atoms with E-state index in [1.54, 1.807) is 19.0 Å². The third-order valence-corrected chi connectivity index (χ3v) is 5.48. The van der Waals surface area contributed by atoms with E-state index in [-0.39, 0.29) is 23.8 Å². The molecule has 1 aliphatic carbocycles. The van der Waals surface area contributed by atoms with E-state index in [1.807, 2.05) is 13.0 Å². The van der Waals surface area contributed by atoms with E-state index in [0.717, 1.165) is 36.4 Å². The first-order valence-electron chi connectivity index (χ1n) is 9.43. The van der Waals surface area contributed by atoms with Crippen molar-refractivity contribution in [2.45, 2.75) is 44.7 Å². The summed E-state index contributed by atoms with van der Waals surface area (Å²) >= 11 is 1.27. The maximum atomic E-state index is 11.8. The highest BCUT2D eigenvalue weighted by atomic mass is 32.1. The Balaban J connectivity index is 1.63. The summed E-state index contributed by atoms with van der Waals surface area (Å²) in [5.41, 5.74) is 6.39. The minimum absolute atomic E-state index is 0.0664. The summed E-state index contributed by atoms with van der Waals surface area (Å²) in [6, 6.07) is 2.19. The zero-order valence-corrected chi connectivity index (χ0v) is 17.5. The molecular formula is C18H26N8O2S. The average molecular weight is 419 g/mol. The van der Waals surface area contributed by atoms with Crippen molar-refractivity contribution in [2.24, 2.45) is 5.73 Å². The Kier molecular flexibility index (Phi) is 6.47. The molecule has 0 aliphatic heterocycles. The van der Waals surface area contributed by atoms with Gasteiger partial charge in [0.05, 0.1) is 11.9 Å². The molecule has 1 fully saturated rings. The lowest BCUT2D eigenvalue weighted by Crippen LogP contribution is -2.44. The minimum Gasteiger partial charge on any atom is -0.366 e. The Morgan fingerprint density at radius 1 is 1.21 bits per heavy atom. The summed E-state index contributed by atoms with van der Waals surface area (Å²) in [7, 11) is 3.46. The Labute approximate surface area is 173 Å². The highest BCUT2D eigenvalue weighted by molar-refractivity contribution is 7.10. The van der Waals surface area contributed by atoms with Crippen molar-refractivity contribution in [2.75, 3.05) is 24.7 Å². The quantitative estimate of drug-likeness (QED) is 0.563. The molecule has 10 nitrogen and oxygen atoms in total. The van der Waals surface area contributed by atoms with Gasteiger partial charge in [-0.2, -0.15) is 4.37 Å². The molecule has 0 radical (unpaired) electrons. The first-order chi connectivity index (χ1) is 13.8. The fourth-order valence-electron chi connectivity index (χ4n) is 3.16. The third kappa shape index (κ3) is 5.53. The van der Waals surface area contributed by atoms with Crippen LogP contribution < -0.4 is 21.7 Å². The first-order valence-corrected chi connectivity index (χ1v) is 10.2. The van der Waals surface area contributed by atoms with Crippen LogP contribution in [0.3, 0.4) is 0 Å². The van der Waals surface area contributed by atoms with Crippen molar-refractivity contribution < 1.29 is 9.59 Å². The molecule has 2 aromatic heterocycles. The van der Waals surface area contributed by atoms with Gasteiger partial charge < -0.3 is 26.6 Å². The van der Waals surface area contributed by atoms with Crippen molar-refractivity contribution >= 4 is 40.1 Å². The maximum absolute atomic E-state index is 11.8. The predicted octanol–water partition coefficient (Wildman–Crippen LogP) is 2.08. The van der Waals surface area contributed by atoms with Gasteiger partial charge in [-0.05, 0) is 50.2 Å². The van der Waals surface area contributed by atoms with Crippen molar-refractivity contribution in [1.82, 2.24) is 24.6 Å². The molecule has 0 spiro atoms. The van der Waals surface area contributed by atoms with Crippen LogP contribution in [0, 0.1) is 6.92 Å². The fraction of sp³-hybridized carbons (Fsp3) is 0.500. The van der Waals surface area contributed by atoms with Gasteiger partial charge in [-0.15, -0.1) is 0 Å². The highest BCUT2D eigenvalue weighted by Gasteiger charge is 2.23. The summed E-state index contributed by atoms with van der Waals surface area (Å²) in [5.74, 6) is 0.225. The van der Waals surface area contributed by atoms with Crippen LogP contribution >= 0.6 is 11.5 Å². The smallest absolute Gasteiger partial charge is 0.317 e. The normalized spacial score (nSPS) is 18.7. The molecule has 1 saturated carbocycles. The number of amides is 3. The van der Waals surface area contributed by atoms with Gasteiger partial charge in [0.2, 0.25) is 0 Å². The van der Waals surface area contributed by atoms with Crippen LogP contribution in [0.4, 0.5) is 21.4 Å². The van der Waals surface area contributed by atoms with Crippen LogP contribution in [0.1, 0.15) is 41.9 Å². The topological polar surface area (TPSA) is 138 Å². The SMILES string of the molecule is Cc1cc(Nc2nc(N[C@H]3CC[C@@H](NC(=O)N(C)C)CC3)cnc2C(N)=O)sn1. The van der Waals surface area contributed by atoms with E-state index in [4.69, 9.17) is 5.73 Å². The van der Waals surface area contributed by atoms with Gasteiger partial charge in [-0.1, -0.05) is 0 Å². The number of nitrogens with one attached hydrogen (secondary N) is 3. The number of nitrogens with zero attached hydrogens (tertiary/aromatic N) is 4. The second-order valence-corrected chi connectivity index (χ2v) is 8.12. The van der Waals surface area contributed by atoms with Gasteiger partial charge in [0.1, 0.15) is 10.8 Å². The van der Waals surface area contributed by atoms with E-state index in [0.29, 0.717) is 11.6 Å². The molecule has 0 bridgehead atoms.